The van der Waals surface area contributed by atoms with Gasteiger partial charge in [-0.15, -0.1) is 0 Å². The molecule has 1 aromatic rings. The first-order chi connectivity index (χ1) is 13.6. The van der Waals surface area contributed by atoms with Crippen LogP contribution in [0, 0.1) is 0 Å². The third-order valence-electron chi connectivity index (χ3n) is 4.90. The highest BCUT2D eigenvalue weighted by molar-refractivity contribution is 5.77. The van der Waals surface area contributed by atoms with Crippen molar-refractivity contribution in [1.29, 1.82) is 0 Å². The van der Waals surface area contributed by atoms with Crippen molar-refractivity contribution in [3.63, 3.8) is 0 Å². The van der Waals surface area contributed by atoms with E-state index in [1.54, 1.807) is 0 Å². The van der Waals surface area contributed by atoms with Crippen LogP contribution in [0.3, 0.4) is 0 Å². The van der Waals surface area contributed by atoms with Crippen LogP contribution in [0.4, 0.5) is 0 Å². The van der Waals surface area contributed by atoms with Crippen molar-refractivity contribution in [3.05, 3.63) is 60.2 Å². The van der Waals surface area contributed by atoms with Crippen LogP contribution in [-0.4, -0.2) is 47.7 Å². The number of hydrogen-bond donors (Lipinski definition) is 1. The summed E-state index contributed by atoms with van der Waals surface area (Å²) in [5.41, 5.74) is 1.09. The number of rotatable bonds is 10. The van der Waals surface area contributed by atoms with Crippen LogP contribution in [0.1, 0.15) is 44.1 Å². The number of aliphatic hydroxyl groups is 1. The maximum atomic E-state index is 12.3. The number of esters is 1. The second-order valence-electron chi connectivity index (χ2n) is 7.09. The van der Waals surface area contributed by atoms with Gasteiger partial charge in [0.2, 0.25) is 5.91 Å². The maximum absolute atomic E-state index is 12.3. The molecule has 0 bridgehead atoms. The van der Waals surface area contributed by atoms with E-state index in [9.17, 15) is 14.7 Å². The Morgan fingerprint density at radius 3 is 2.86 bits per heavy atom. The number of unbranched alkanes of at least 4 members (excludes halogenated alkanes) is 1. The van der Waals surface area contributed by atoms with Crippen LogP contribution in [0.15, 0.2) is 54.6 Å². The molecule has 1 amide bonds. The van der Waals surface area contributed by atoms with E-state index in [-0.39, 0.29) is 17.9 Å². The van der Waals surface area contributed by atoms with Gasteiger partial charge in [0.25, 0.3) is 0 Å². The average Bonchev–Trinajstić information content (AvgIpc) is 2.70. The molecule has 2 rings (SSSR count). The molecular weight excluding hydrogens is 354 g/mol. The minimum atomic E-state index is -0.560. The lowest BCUT2D eigenvalue weighted by molar-refractivity contribution is -0.140. The Bertz CT molecular complexity index is 668. The van der Waals surface area contributed by atoms with Crippen LogP contribution >= 0.6 is 0 Å². The summed E-state index contributed by atoms with van der Waals surface area (Å²) in [5.74, 6) is -0.0449. The van der Waals surface area contributed by atoms with Gasteiger partial charge >= 0.3 is 5.97 Å². The zero-order chi connectivity index (χ0) is 20.2. The lowest BCUT2D eigenvalue weighted by Gasteiger charge is -2.33. The summed E-state index contributed by atoms with van der Waals surface area (Å²) in [6.07, 6.45) is 12.1. The van der Waals surface area contributed by atoms with Gasteiger partial charge in [-0.1, -0.05) is 54.6 Å². The quantitative estimate of drug-likeness (QED) is 0.381. The van der Waals surface area contributed by atoms with E-state index >= 15 is 0 Å². The molecule has 5 nitrogen and oxygen atoms in total. The van der Waals surface area contributed by atoms with Crippen molar-refractivity contribution < 1.29 is 19.4 Å². The predicted octanol–water partition coefficient (Wildman–Crippen LogP) is 3.43. The summed E-state index contributed by atoms with van der Waals surface area (Å²) in [6.45, 7) is 0.556. The molecule has 0 aliphatic carbocycles. The largest absolute Gasteiger partial charge is 0.469 e. The second kappa shape index (κ2) is 12.1. The molecule has 2 atom stereocenters. The number of hydrogen-bond acceptors (Lipinski definition) is 4. The van der Waals surface area contributed by atoms with E-state index in [0.717, 1.165) is 31.2 Å². The van der Waals surface area contributed by atoms with Crippen molar-refractivity contribution in [2.45, 2.75) is 57.1 Å². The number of piperidine rings is 1. The molecule has 5 heteroatoms. The van der Waals surface area contributed by atoms with Gasteiger partial charge < -0.3 is 14.7 Å². The van der Waals surface area contributed by atoms with Crippen LogP contribution in [0.2, 0.25) is 0 Å². The molecule has 1 N–H and O–H groups in total. The van der Waals surface area contributed by atoms with Crippen molar-refractivity contribution >= 4 is 11.9 Å². The SMILES string of the molecule is COC(=O)CCC/C=C\CN1C(=O)CCCC1C=CC(O)Cc1ccccc1. The van der Waals surface area contributed by atoms with E-state index in [1.165, 1.54) is 7.11 Å². The molecule has 0 aromatic heterocycles. The van der Waals surface area contributed by atoms with E-state index in [0.29, 0.717) is 25.8 Å². The van der Waals surface area contributed by atoms with Gasteiger partial charge in [0.05, 0.1) is 19.3 Å². The fourth-order valence-electron chi connectivity index (χ4n) is 3.34. The number of likely N-dealkylation sites (tertiary alicyclic amines) is 1. The van der Waals surface area contributed by atoms with Gasteiger partial charge in [-0.2, -0.15) is 0 Å². The van der Waals surface area contributed by atoms with Crippen molar-refractivity contribution in [1.82, 2.24) is 4.90 Å². The lowest BCUT2D eigenvalue weighted by Crippen LogP contribution is -2.42. The zero-order valence-corrected chi connectivity index (χ0v) is 16.6. The highest BCUT2D eigenvalue weighted by atomic mass is 16.5. The summed E-state index contributed by atoms with van der Waals surface area (Å²) in [4.78, 5) is 25.3. The fourth-order valence-corrected chi connectivity index (χ4v) is 3.34. The molecule has 28 heavy (non-hydrogen) atoms. The molecule has 1 fully saturated rings. The van der Waals surface area contributed by atoms with Gasteiger partial charge in [0.1, 0.15) is 0 Å². The first kappa shape index (κ1) is 21.9. The minimum Gasteiger partial charge on any atom is -0.469 e. The summed E-state index contributed by atoms with van der Waals surface area (Å²) < 4.78 is 4.62. The van der Waals surface area contributed by atoms with Crippen LogP contribution in [0.25, 0.3) is 0 Å². The van der Waals surface area contributed by atoms with E-state index in [4.69, 9.17) is 0 Å². The number of carbonyl (C=O) groups excluding carboxylic acids is 2. The van der Waals surface area contributed by atoms with E-state index in [1.807, 2.05) is 59.5 Å². The Morgan fingerprint density at radius 2 is 2.11 bits per heavy atom. The second-order valence-corrected chi connectivity index (χ2v) is 7.09. The molecule has 0 spiro atoms. The molecule has 152 valence electrons. The molecule has 1 aromatic carbocycles. The molecule has 2 unspecified atom stereocenters. The monoisotopic (exact) mass is 385 g/mol. The summed E-state index contributed by atoms with van der Waals surface area (Å²) >= 11 is 0. The first-order valence-corrected chi connectivity index (χ1v) is 10.0. The average molecular weight is 386 g/mol. The lowest BCUT2D eigenvalue weighted by atomic mass is 9.99. The Morgan fingerprint density at radius 1 is 1.32 bits per heavy atom. The van der Waals surface area contributed by atoms with Crippen LogP contribution < -0.4 is 0 Å². The molecular formula is C23H31NO4. The molecule has 1 saturated heterocycles. The molecule has 0 saturated carbocycles. The Hall–Kier alpha value is -2.40. The standard InChI is InChI=1S/C23H31NO4/c1-28-23(27)14-7-2-3-8-17-24-20(12-9-13-22(24)26)15-16-21(25)18-19-10-5-4-6-11-19/h3-6,8,10-11,15-16,20-21,25H,2,7,9,12-14,17-18H2,1H3/b8-3-,16-15?. The number of ether oxygens (including phenoxy) is 1. The highest BCUT2D eigenvalue weighted by Gasteiger charge is 2.25. The summed E-state index contributed by atoms with van der Waals surface area (Å²) in [7, 11) is 1.39. The third kappa shape index (κ3) is 7.69. The van der Waals surface area contributed by atoms with Gasteiger partial charge in [0, 0.05) is 25.8 Å². The van der Waals surface area contributed by atoms with Gasteiger partial charge in [-0.25, -0.2) is 0 Å². The predicted molar refractivity (Wildman–Crippen MR) is 110 cm³/mol. The number of amides is 1. The smallest absolute Gasteiger partial charge is 0.305 e. The Labute approximate surface area is 167 Å². The Balaban J connectivity index is 1.83. The summed E-state index contributed by atoms with van der Waals surface area (Å²) in [6, 6.07) is 9.90. The van der Waals surface area contributed by atoms with Gasteiger partial charge in [-0.05, 0) is 31.2 Å². The minimum absolute atomic E-state index is 0.0198. The van der Waals surface area contributed by atoms with Crippen molar-refractivity contribution in [3.8, 4) is 0 Å². The van der Waals surface area contributed by atoms with Crippen molar-refractivity contribution in [2.75, 3.05) is 13.7 Å². The van der Waals surface area contributed by atoms with E-state index < -0.39 is 6.10 Å². The molecule has 1 aliphatic rings. The third-order valence-corrected chi connectivity index (χ3v) is 4.90. The number of methoxy groups -OCH3 is 1. The topological polar surface area (TPSA) is 66.8 Å². The van der Waals surface area contributed by atoms with Crippen molar-refractivity contribution in [2.24, 2.45) is 0 Å². The van der Waals surface area contributed by atoms with Gasteiger partial charge in [0.15, 0.2) is 0 Å². The number of allylic oxidation sites excluding steroid dienone is 1. The number of aliphatic hydroxyl groups excluding tert-OH is 1. The summed E-state index contributed by atoms with van der Waals surface area (Å²) in [5, 5.41) is 10.3. The number of carbonyl (C=O) groups is 2. The van der Waals surface area contributed by atoms with E-state index in [2.05, 4.69) is 4.74 Å². The molecule has 1 heterocycles. The number of benzene rings is 1. The van der Waals surface area contributed by atoms with Crippen LogP contribution in [0.5, 0.6) is 0 Å². The highest BCUT2D eigenvalue weighted by Crippen LogP contribution is 2.20. The maximum Gasteiger partial charge on any atom is 0.305 e. The number of nitrogens with zero attached hydrogens (tertiary/aromatic N) is 1. The fraction of sp³-hybridized carbons (Fsp3) is 0.478. The zero-order valence-electron chi connectivity index (χ0n) is 16.6. The first-order valence-electron chi connectivity index (χ1n) is 10.0. The van der Waals surface area contributed by atoms with Crippen LogP contribution in [-0.2, 0) is 20.7 Å². The normalized spacial score (nSPS) is 18.7. The molecule has 0 radical (unpaired) electrons. The molecule has 1 aliphatic heterocycles. The Kier molecular flexibility index (Phi) is 9.49. The van der Waals surface area contributed by atoms with Gasteiger partial charge in [-0.3, -0.25) is 9.59 Å².